The van der Waals surface area contributed by atoms with Crippen molar-refractivity contribution < 1.29 is 9.53 Å². The molecule has 78 valence electrons. The lowest BCUT2D eigenvalue weighted by atomic mass is 9.87. The summed E-state index contributed by atoms with van der Waals surface area (Å²) in [6, 6.07) is 0.319. The Morgan fingerprint density at radius 1 is 1.54 bits per heavy atom. The minimum absolute atomic E-state index is 0. The number of hydrogen-bond donors (Lipinski definition) is 1. The van der Waals surface area contributed by atoms with Gasteiger partial charge in [-0.2, -0.15) is 0 Å². The van der Waals surface area contributed by atoms with Crippen molar-refractivity contribution in [3.05, 3.63) is 0 Å². The monoisotopic (exact) mass is 207 g/mol. The van der Waals surface area contributed by atoms with Crippen LogP contribution in [0, 0.1) is 5.92 Å². The van der Waals surface area contributed by atoms with Crippen LogP contribution in [0.25, 0.3) is 0 Å². The standard InChI is InChI=1S/C9H17NO2.ClH/c1-7(11)12-6-8-3-2-4-9(10)5-8;/h8-9H,2-6,10H2,1H3;1H/t8-,9-;/m0./s1. The molecule has 3 nitrogen and oxygen atoms in total. The highest BCUT2D eigenvalue weighted by atomic mass is 35.5. The van der Waals surface area contributed by atoms with Crippen molar-refractivity contribution in [1.29, 1.82) is 0 Å². The molecule has 0 saturated heterocycles. The summed E-state index contributed by atoms with van der Waals surface area (Å²) < 4.78 is 4.94. The third-order valence-electron chi connectivity index (χ3n) is 2.35. The van der Waals surface area contributed by atoms with Crippen LogP contribution in [0.5, 0.6) is 0 Å². The van der Waals surface area contributed by atoms with Crippen LogP contribution in [-0.4, -0.2) is 18.6 Å². The summed E-state index contributed by atoms with van der Waals surface area (Å²) in [5.41, 5.74) is 5.79. The van der Waals surface area contributed by atoms with Gasteiger partial charge in [-0.15, -0.1) is 12.4 Å². The molecule has 0 amide bonds. The van der Waals surface area contributed by atoms with Crippen molar-refractivity contribution in [1.82, 2.24) is 0 Å². The van der Waals surface area contributed by atoms with Crippen molar-refractivity contribution >= 4 is 18.4 Å². The van der Waals surface area contributed by atoms with Crippen molar-refractivity contribution in [2.75, 3.05) is 6.61 Å². The number of nitrogens with two attached hydrogens (primary N) is 1. The second-order valence-corrected chi connectivity index (χ2v) is 3.60. The van der Waals surface area contributed by atoms with E-state index in [4.69, 9.17) is 10.5 Å². The van der Waals surface area contributed by atoms with Crippen LogP contribution in [0.2, 0.25) is 0 Å². The minimum atomic E-state index is -0.186. The third kappa shape index (κ3) is 5.11. The largest absolute Gasteiger partial charge is 0.466 e. The number of ether oxygens (including phenoxy) is 1. The molecule has 0 spiro atoms. The topological polar surface area (TPSA) is 52.3 Å². The van der Waals surface area contributed by atoms with E-state index in [9.17, 15) is 4.79 Å². The quantitative estimate of drug-likeness (QED) is 0.699. The van der Waals surface area contributed by atoms with Gasteiger partial charge < -0.3 is 10.5 Å². The Bertz CT molecular complexity index is 164. The zero-order valence-corrected chi connectivity index (χ0v) is 8.81. The van der Waals surface area contributed by atoms with E-state index in [1.807, 2.05) is 0 Å². The van der Waals surface area contributed by atoms with Crippen LogP contribution in [0.1, 0.15) is 32.6 Å². The Morgan fingerprint density at radius 2 is 2.23 bits per heavy atom. The first-order chi connectivity index (χ1) is 5.68. The summed E-state index contributed by atoms with van der Waals surface area (Å²) in [7, 11) is 0. The van der Waals surface area contributed by atoms with Gasteiger partial charge in [0, 0.05) is 13.0 Å². The van der Waals surface area contributed by atoms with Crippen molar-refractivity contribution in [2.24, 2.45) is 11.7 Å². The second kappa shape index (κ2) is 6.22. The molecule has 13 heavy (non-hydrogen) atoms. The van der Waals surface area contributed by atoms with Gasteiger partial charge in [-0.1, -0.05) is 6.42 Å². The fourth-order valence-electron chi connectivity index (χ4n) is 1.72. The molecule has 1 saturated carbocycles. The molecule has 1 rings (SSSR count). The van der Waals surface area contributed by atoms with Crippen LogP contribution >= 0.6 is 12.4 Å². The lowest BCUT2D eigenvalue weighted by molar-refractivity contribution is -0.142. The summed E-state index contributed by atoms with van der Waals surface area (Å²) in [6.45, 7) is 2.01. The normalized spacial score (nSPS) is 27.5. The molecule has 0 bridgehead atoms. The molecule has 4 heteroatoms. The van der Waals surface area contributed by atoms with Gasteiger partial charge in [0.2, 0.25) is 0 Å². The van der Waals surface area contributed by atoms with Crippen LogP contribution in [0.3, 0.4) is 0 Å². The average molecular weight is 208 g/mol. The van der Waals surface area contributed by atoms with Gasteiger partial charge in [0.1, 0.15) is 0 Å². The molecule has 0 radical (unpaired) electrons. The molecule has 0 aromatic carbocycles. The van der Waals surface area contributed by atoms with Crippen molar-refractivity contribution in [2.45, 2.75) is 38.6 Å². The van der Waals surface area contributed by atoms with Crippen LogP contribution < -0.4 is 5.73 Å². The van der Waals surface area contributed by atoms with Gasteiger partial charge in [0.15, 0.2) is 0 Å². The number of halogens is 1. The van der Waals surface area contributed by atoms with Gasteiger partial charge in [-0.25, -0.2) is 0 Å². The molecule has 0 unspecified atom stereocenters. The van der Waals surface area contributed by atoms with E-state index in [0.29, 0.717) is 18.6 Å². The fraction of sp³-hybridized carbons (Fsp3) is 0.889. The Kier molecular flexibility index (Phi) is 6.08. The molecule has 2 N–H and O–H groups in total. The lowest BCUT2D eigenvalue weighted by Gasteiger charge is -2.25. The van der Waals surface area contributed by atoms with E-state index < -0.39 is 0 Å². The van der Waals surface area contributed by atoms with E-state index in [1.165, 1.54) is 13.3 Å². The molecule has 1 fully saturated rings. The molecule has 1 aliphatic carbocycles. The smallest absolute Gasteiger partial charge is 0.302 e. The SMILES string of the molecule is CC(=O)OC[C@H]1CCC[C@H](N)C1.Cl. The molecule has 0 aromatic rings. The minimum Gasteiger partial charge on any atom is -0.466 e. The summed E-state index contributed by atoms with van der Waals surface area (Å²) in [5.74, 6) is 0.312. The average Bonchev–Trinajstić information content (AvgIpc) is 2.01. The highest BCUT2D eigenvalue weighted by Gasteiger charge is 2.19. The van der Waals surface area contributed by atoms with E-state index in [1.54, 1.807) is 0 Å². The molecule has 0 aromatic heterocycles. The van der Waals surface area contributed by atoms with Crippen LogP contribution in [0.4, 0.5) is 0 Å². The van der Waals surface area contributed by atoms with Gasteiger partial charge in [0.25, 0.3) is 0 Å². The Morgan fingerprint density at radius 3 is 2.77 bits per heavy atom. The first-order valence-electron chi connectivity index (χ1n) is 4.57. The maximum absolute atomic E-state index is 10.5. The Balaban J connectivity index is 0.00000144. The number of rotatable bonds is 2. The first kappa shape index (κ1) is 12.7. The summed E-state index contributed by atoms with van der Waals surface area (Å²) in [5, 5.41) is 0. The predicted octanol–water partition coefficient (Wildman–Crippen LogP) is 1.49. The van der Waals surface area contributed by atoms with Gasteiger partial charge in [-0.3, -0.25) is 4.79 Å². The fourth-order valence-corrected chi connectivity index (χ4v) is 1.72. The molecule has 0 heterocycles. The Hall–Kier alpha value is -0.280. The number of hydrogen-bond acceptors (Lipinski definition) is 3. The van der Waals surface area contributed by atoms with E-state index >= 15 is 0 Å². The number of carbonyl (C=O) groups is 1. The lowest BCUT2D eigenvalue weighted by Crippen LogP contribution is -2.30. The molecular weight excluding hydrogens is 190 g/mol. The second-order valence-electron chi connectivity index (χ2n) is 3.60. The highest BCUT2D eigenvalue weighted by molar-refractivity contribution is 5.85. The maximum Gasteiger partial charge on any atom is 0.302 e. The molecule has 2 atom stereocenters. The maximum atomic E-state index is 10.5. The zero-order valence-electron chi connectivity index (χ0n) is 7.99. The van der Waals surface area contributed by atoms with E-state index in [-0.39, 0.29) is 18.4 Å². The molecule has 1 aliphatic rings. The van der Waals surface area contributed by atoms with E-state index in [2.05, 4.69) is 0 Å². The predicted molar refractivity (Wildman–Crippen MR) is 53.8 cm³/mol. The third-order valence-corrected chi connectivity index (χ3v) is 2.35. The van der Waals surface area contributed by atoms with Crippen LogP contribution in [0.15, 0.2) is 0 Å². The summed E-state index contributed by atoms with van der Waals surface area (Å²) in [6.07, 6.45) is 4.46. The molecular formula is C9H18ClNO2. The zero-order chi connectivity index (χ0) is 8.97. The van der Waals surface area contributed by atoms with Gasteiger partial charge >= 0.3 is 5.97 Å². The number of esters is 1. The number of carbonyl (C=O) groups excluding carboxylic acids is 1. The summed E-state index contributed by atoms with van der Waals surface area (Å²) in [4.78, 5) is 10.5. The highest BCUT2D eigenvalue weighted by Crippen LogP contribution is 2.23. The Labute approximate surface area is 85.4 Å². The van der Waals surface area contributed by atoms with Crippen molar-refractivity contribution in [3.8, 4) is 0 Å². The first-order valence-corrected chi connectivity index (χ1v) is 4.57. The van der Waals surface area contributed by atoms with Crippen molar-refractivity contribution in [3.63, 3.8) is 0 Å². The van der Waals surface area contributed by atoms with E-state index in [0.717, 1.165) is 19.3 Å². The van der Waals surface area contributed by atoms with Gasteiger partial charge in [0.05, 0.1) is 6.61 Å². The van der Waals surface area contributed by atoms with Crippen LogP contribution in [-0.2, 0) is 9.53 Å². The molecule has 0 aliphatic heterocycles. The van der Waals surface area contributed by atoms with Gasteiger partial charge in [-0.05, 0) is 25.2 Å². The summed E-state index contributed by atoms with van der Waals surface area (Å²) >= 11 is 0.